The van der Waals surface area contributed by atoms with Crippen molar-refractivity contribution in [3.8, 4) is 0 Å². The van der Waals surface area contributed by atoms with Gasteiger partial charge in [-0.05, 0) is 45.2 Å². The molecule has 3 heterocycles. The molecule has 174 valence electrons. The normalized spacial score (nSPS) is 22.9. The van der Waals surface area contributed by atoms with Gasteiger partial charge in [-0.1, -0.05) is 11.6 Å². The van der Waals surface area contributed by atoms with E-state index in [1.165, 1.54) is 0 Å². The SMILES string of the molecule is CNC(=O)[C@@]1(NC(C)C)CC[C@@H](NC(=O)c2cccnc2)[C@@H](c2cnn3cc(Cl)cnc23)C1. The lowest BCUT2D eigenvalue weighted by atomic mass is 9.70. The molecule has 9 nitrogen and oxygen atoms in total. The molecule has 0 unspecified atom stereocenters. The molecule has 3 atom stereocenters. The second-order valence-electron chi connectivity index (χ2n) is 8.77. The molecule has 2 amide bonds. The van der Waals surface area contributed by atoms with Gasteiger partial charge in [0.2, 0.25) is 5.91 Å². The zero-order valence-electron chi connectivity index (χ0n) is 18.9. The van der Waals surface area contributed by atoms with Gasteiger partial charge in [0.25, 0.3) is 5.91 Å². The number of amides is 2. The van der Waals surface area contributed by atoms with Gasteiger partial charge in [0.15, 0.2) is 5.65 Å². The number of nitrogens with zero attached hydrogens (tertiary/aromatic N) is 4. The van der Waals surface area contributed by atoms with Crippen LogP contribution in [0.1, 0.15) is 54.9 Å². The number of rotatable bonds is 6. The summed E-state index contributed by atoms with van der Waals surface area (Å²) >= 11 is 6.09. The van der Waals surface area contributed by atoms with Gasteiger partial charge in [0.1, 0.15) is 0 Å². The van der Waals surface area contributed by atoms with Crippen molar-refractivity contribution in [3.05, 3.63) is 59.3 Å². The number of pyridine rings is 1. The van der Waals surface area contributed by atoms with Gasteiger partial charge in [0.05, 0.1) is 28.5 Å². The predicted octanol–water partition coefficient (Wildman–Crippen LogP) is 2.33. The quantitative estimate of drug-likeness (QED) is 0.510. The zero-order chi connectivity index (χ0) is 23.6. The minimum Gasteiger partial charge on any atom is -0.358 e. The Hall–Kier alpha value is -3.04. The third-order valence-corrected chi connectivity index (χ3v) is 6.35. The first-order valence-electron chi connectivity index (χ1n) is 11.0. The number of halogens is 1. The smallest absolute Gasteiger partial charge is 0.253 e. The summed E-state index contributed by atoms with van der Waals surface area (Å²) < 4.78 is 1.63. The van der Waals surface area contributed by atoms with Crippen LogP contribution in [-0.2, 0) is 4.79 Å². The Bertz CT molecular complexity index is 1150. The molecule has 1 aliphatic carbocycles. The second-order valence-corrected chi connectivity index (χ2v) is 9.21. The van der Waals surface area contributed by atoms with Gasteiger partial charge >= 0.3 is 0 Å². The minimum atomic E-state index is -0.774. The maximum Gasteiger partial charge on any atom is 0.253 e. The largest absolute Gasteiger partial charge is 0.358 e. The van der Waals surface area contributed by atoms with E-state index in [4.69, 9.17) is 11.6 Å². The standard InChI is InChI=1S/C23H28ClN7O2/c1-14(2)30-23(22(33)25-3)7-6-19(29-21(32)15-5-4-8-26-10-15)17(9-23)18-12-28-31-13-16(24)11-27-20(18)31/h4-5,8,10-14,17,19,30H,6-7,9H2,1-3H3,(H,25,33)(H,29,32)/t17-,19-,23-/m1/s1. The molecule has 3 N–H and O–H groups in total. The van der Waals surface area contributed by atoms with E-state index in [0.717, 1.165) is 5.56 Å². The fraction of sp³-hybridized carbons (Fsp3) is 0.435. The van der Waals surface area contributed by atoms with Crippen LogP contribution in [0.25, 0.3) is 5.65 Å². The van der Waals surface area contributed by atoms with E-state index in [-0.39, 0.29) is 29.8 Å². The third kappa shape index (κ3) is 4.69. The molecule has 4 rings (SSSR count). The Kier molecular flexibility index (Phi) is 6.62. The topological polar surface area (TPSA) is 113 Å². The molecule has 1 saturated carbocycles. The molecule has 0 aliphatic heterocycles. The van der Waals surface area contributed by atoms with Crippen molar-refractivity contribution in [2.45, 2.75) is 56.7 Å². The van der Waals surface area contributed by atoms with Crippen molar-refractivity contribution in [3.63, 3.8) is 0 Å². The Labute approximate surface area is 197 Å². The lowest BCUT2D eigenvalue weighted by molar-refractivity contribution is -0.129. The molecule has 0 saturated heterocycles. The second kappa shape index (κ2) is 9.44. The fourth-order valence-electron chi connectivity index (χ4n) is 4.80. The average molecular weight is 470 g/mol. The van der Waals surface area contributed by atoms with E-state index in [2.05, 4.69) is 31.0 Å². The summed E-state index contributed by atoms with van der Waals surface area (Å²) in [6.07, 6.45) is 9.86. The van der Waals surface area contributed by atoms with Crippen molar-refractivity contribution in [1.82, 2.24) is 35.5 Å². The number of nitrogens with one attached hydrogen (secondary N) is 3. The van der Waals surface area contributed by atoms with E-state index in [1.54, 1.807) is 54.7 Å². The highest BCUT2D eigenvalue weighted by molar-refractivity contribution is 6.30. The molecule has 0 spiro atoms. The van der Waals surface area contributed by atoms with Crippen LogP contribution in [0.2, 0.25) is 5.02 Å². The van der Waals surface area contributed by atoms with Crippen LogP contribution >= 0.6 is 11.6 Å². The molecule has 33 heavy (non-hydrogen) atoms. The zero-order valence-corrected chi connectivity index (χ0v) is 19.6. The number of carbonyl (C=O) groups excluding carboxylic acids is 2. The van der Waals surface area contributed by atoms with Crippen LogP contribution in [0.4, 0.5) is 0 Å². The minimum absolute atomic E-state index is 0.0642. The van der Waals surface area contributed by atoms with Gasteiger partial charge in [-0.2, -0.15) is 5.10 Å². The molecule has 0 aromatic carbocycles. The number of fused-ring (bicyclic) bond motifs is 1. The van der Waals surface area contributed by atoms with Crippen LogP contribution in [0.15, 0.2) is 43.1 Å². The number of hydrogen-bond donors (Lipinski definition) is 3. The molecule has 0 bridgehead atoms. The van der Waals surface area contributed by atoms with Gasteiger partial charge in [-0.25, -0.2) is 9.50 Å². The monoisotopic (exact) mass is 469 g/mol. The summed E-state index contributed by atoms with van der Waals surface area (Å²) in [4.78, 5) is 34.6. The number of likely N-dealkylation sites (N-methyl/N-ethyl adjacent to an activating group) is 1. The Morgan fingerprint density at radius 1 is 1.27 bits per heavy atom. The molecule has 10 heteroatoms. The highest BCUT2D eigenvalue weighted by Gasteiger charge is 2.47. The third-order valence-electron chi connectivity index (χ3n) is 6.15. The molecule has 1 fully saturated rings. The lowest BCUT2D eigenvalue weighted by Crippen LogP contribution is -2.63. The van der Waals surface area contributed by atoms with Crippen molar-refractivity contribution in [2.75, 3.05) is 7.05 Å². The van der Waals surface area contributed by atoms with Gasteiger partial charge < -0.3 is 16.0 Å². The van der Waals surface area contributed by atoms with Crippen LogP contribution in [0.5, 0.6) is 0 Å². The first-order valence-corrected chi connectivity index (χ1v) is 11.4. The average Bonchev–Trinajstić information content (AvgIpc) is 3.22. The first kappa shape index (κ1) is 23.1. The maximum absolute atomic E-state index is 13.1. The van der Waals surface area contributed by atoms with Gasteiger partial charge in [-0.15, -0.1) is 0 Å². The lowest BCUT2D eigenvalue weighted by Gasteiger charge is -2.45. The molecular formula is C23H28ClN7O2. The first-order chi connectivity index (χ1) is 15.8. The van der Waals surface area contributed by atoms with E-state index in [1.807, 2.05) is 13.8 Å². The maximum atomic E-state index is 13.1. The molecule has 0 radical (unpaired) electrons. The summed E-state index contributed by atoms with van der Waals surface area (Å²) in [6.45, 7) is 4.05. The van der Waals surface area contributed by atoms with E-state index in [0.29, 0.717) is 35.5 Å². The summed E-state index contributed by atoms with van der Waals surface area (Å²) in [5.41, 5.74) is 1.23. The van der Waals surface area contributed by atoms with E-state index in [9.17, 15) is 9.59 Å². The summed E-state index contributed by atoms with van der Waals surface area (Å²) in [7, 11) is 1.65. The highest BCUT2D eigenvalue weighted by atomic mass is 35.5. The van der Waals surface area contributed by atoms with Crippen LogP contribution in [0.3, 0.4) is 0 Å². The molecule has 3 aromatic rings. The van der Waals surface area contributed by atoms with Crippen molar-refractivity contribution < 1.29 is 9.59 Å². The summed E-state index contributed by atoms with van der Waals surface area (Å²) in [6, 6.07) is 3.35. The Morgan fingerprint density at radius 3 is 2.79 bits per heavy atom. The molecule has 3 aromatic heterocycles. The Morgan fingerprint density at radius 2 is 2.09 bits per heavy atom. The van der Waals surface area contributed by atoms with E-state index < -0.39 is 5.54 Å². The van der Waals surface area contributed by atoms with E-state index >= 15 is 0 Å². The number of hydrogen-bond acceptors (Lipinski definition) is 6. The van der Waals surface area contributed by atoms with Crippen molar-refractivity contribution >= 4 is 29.1 Å². The fourth-order valence-corrected chi connectivity index (χ4v) is 4.94. The van der Waals surface area contributed by atoms with Crippen molar-refractivity contribution in [2.24, 2.45) is 0 Å². The summed E-state index contributed by atoms with van der Waals surface area (Å²) in [5, 5.41) is 14.4. The van der Waals surface area contributed by atoms with Crippen molar-refractivity contribution in [1.29, 1.82) is 0 Å². The number of aromatic nitrogens is 4. The highest BCUT2D eigenvalue weighted by Crippen LogP contribution is 2.41. The van der Waals surface area contributed by atoms with Gasteiger partial charge in [-0.3, -0.25) is 14.6 Å². The van der Waals surface area contributed by atoms with Gasteiger partial charge in [0, 0.05) is 49.2 Å². The Balaban J connectivity index is 1.73. The number of carbonyl (C=O) groups is 2. The predicted molar refractivity (Wildman–Crippen MR) is 125 cm³/mol. The molecular weight excluding hydrogens is 442 g/mol. The molecule has 1 aliphatic rings. The van der Waals surface area contributed by atoms with Crippen LogP contribution in [-0.4, -0.2) is 56.1 Å². The van der Waals surface area contributed by atoms with Crippen LogP contribution < -0.4 is 16.0 Å². The summed E-state index contributed by atoms with van der Waals surface area (Å²) in [5.74, 6) is -0.463. The van der Waals surface area contributed by atoms with Crippen LogP contribution in [0, 0.1) is 0 Å².